The van der Waals surface area contributed by atoms with E-state index in [1.807, 2.05) is 18.2 Å². The minimum Gasteiger partial charge on any atom is -0.263 e. The first kappa shape index (κ1) is 17.2. The van der Waals surface area contributed by atoms with Crippen molar-refractivity contribution in [3.05, 3.63) is 59.4 Å². The minimum absolute atomic E-state index is 0.0556. The summed E-state index contributed by atoms with van der Waals surface area (Å²) in [5.41, 5.74) is 0.616. The molecular formula is C18H19ClFNO2S. The molecular weight excluding hydrogens is 349 g/mol. The van der Waals surface area contributed by atoms with Gasteiger partial charge in [-0.3, -0.25) is 4.31 Å². The van der Waals surface area contributed by atoms with Gasteiger partial charge in [0.25, 0.3) is 10.0 Å². The van der Waals surface area contributed by atoms with Crippen LogP contribution >= 0.6 is 11.6 Å². The maximum absolute atomic E-state index is 13.3. The second-order valence-electron chi connectivity index (χ2n) is 6.00. The van der Waals surface area contributed by atoms with Crippen molar-refractivity contribution >= 4 is 27.3 Å². The van der Waals surface area contributed by atoms with Gasteiger partial charge < -0.3 is 0 Å². The molecule has 2 aromatic rings. The highest BCUT2D eigenvalue weighted by Crippen LogP contribution is 2.34. The van der Waals surface area contributed by atoms with E-state index in [-0.39, 0.29) is 16.0 Å². The van der Waals surface area contributed by atoms with Gasteiger partial charge in [0.05, 0.1) is 10.7 Å². The summed E-state index contributed by atoms with van der Waals surface area (Å²) in [6.07, 6.45) is 4.75. The van der Waals surface area contributed by atoms with Crippen LogP contribution in [0.25, 0.3) is 0 Å². The van der Waals surface area contributed by atoms with E-state index < -0.39 is 15.8 Å². The van der Waals surface area contributed by atoms with E-state index in [0.717, 1.165) is 44.2 Å². The highest BCUT2D eigenvalue weighted by molar-refractivity contribution is 7.93. The van der Waals surface area contributed by atoms with Crippen LogP contribution in [0.2, 0.25) is 5.02 Å². The van der Waals surface area contributed by atoms with Crippen LogP contribution in [0, 0.1) is 5.82 Å². The topological polar surface area (TPSA) is 37.4 Å². The van der Waals surface area contributed by atoms with Crippen molar-refractivity contribution in [1.82, 2.24) is 0 Å². The third kappa shape index (κ3) is 3.42. The summed E-state index contributed by atoms with van der Waals surface area (Å²) in [6, 6.07) is 12.3. The zero-order valence-corrected chi connectivity index (χ0v) is 14.7. The van der Waals surface area contributed by atoms with E-state index in [2.05, 4.69) is 0 Å². The molecule has 0 radical (unpaired) electrons. The Morgan fingerprint density at radius 3 is 2.29 bits per heavy atom. The largest absolute Gasteiger partial charge is 0.266 e. The number of halogens is 2. The van der Waals surface area contributed by atoms with Crippen molar-refractivity contribution in [3.63, 3.8) is 0 Å². The minimum atomic E-state index is -3.87. The first-order valence-electron chi connectivity index (χ1n) is 8.05. The molecule has 0 heterocycles. The predicted octanol–water partition coefficient (Wildman–Crippen LogP) is 5.01. The molecule has 0 aliphatic heterocycles. The molecule has 0 atom stereocenters. The molecule has 0 spiro atoms. The van der Waals surface area contributed by atoms with Crippen LogP contribution in [-0.4, -0.2) is 14.5 Å². The Labute approximate surface area is 147 Å². The quantitative estimate of drug-likeness (QED) is 0.761. The van der Waals surface area contributed by atoms with Crippen LogP contribution in [-0.2, 0) is 10.0 Å². The Morgan fingerprint density at radius 2 is 1.67 bits per heavy atom. The van der Waals surface area contributed by atoms with Crippen LogP contribution in [0.1, 0.15) is 32.1 Å². The van der Waals surface area contributed by atoms with Crippen LogP contribution in [0.15, 0.2) is 53.4 Å². The van der Waals surface area contributed by atoms with Gasteiger partial charge in [0.1, 0.15) is 10.7 Å². The molecule has 0 amide bonds. The standard InChI is InChI=1S/C18H19ClFNO2S/c19-17-13-14(20)11-12-18(17)24(22,23)21(15-7-3-1-4-8-15)16-9-5-2-6-10-16/h1,3-4,7-8,11-13,16H,2,5-6,9-10H2. The molecule has 1 aliphatic rings. The van der Waals surface area contributed by atoms with Gasteiger partial charge >= 0.3 is 0 Å². The number of para-hydroxylation sites is 1. The highest BCUT2D eigenvalue weighted by atomic mass is 35.5. The number of benzene rings is 2. The average Bonchev–Trinajstić information content (AvgIpc) is 2.56. The summed E-state index contributed by atoms with van der Waals surface area (Å²) in [4.78, 5) is -0.0556. The van der Waals surface area contributed by atoms with E-state index in [9.17, 15) is 12.8 Å². The Kier molecular flexibility index (Phi) is 5.11. The van der Waals surface area contributed by atoms with Gasteiger partial charge in [0.15, 0.2) is 0 Å². The lowest BCUT2D eigenvalue weighted by molar-refractivity contribution is 0.438. The van der Waals surface area contributed by atoms with Crippen LogP contribution < -0.4 is 4.31 Å². The fraction of sp³-hybridized carbons (Fsp3) is 0.333. The molecule has 1 aliphatic carbocycles. The Hall–Kier alpha value is -1.59. The molecule has 0 aromatic heterocycles. The number of rotatable bonds is 4. The summed E-state index contributed by atoms with van der Waals surface area (Å²) >= 11 is 6.04. The molecule has 6 heteroatoms. The molecule has 24 heavy (non-hydrogen) atoms. The number of hydrogen-bond acceptors (Lipinski definition) is 2. The third-order valence-corrected chi connectivity index (χ3v) is 6.71. The fourth-order valence-electron chi connectivity index (χ4n) is 3.23. The fourth-order valence-corrected chi connectivity index (χ4v) is 5.45. The van der Waals surface area contributed by atoms with Crippen LogP contribution in [0.4, 0.5) is 10.1 Å². The van der Waals surface area contributed by atoms with Crippen molar-refractivity contribution < 1.29 is 12.8 Å². The monoisotopic (exact) mass is 367 g/mol. The lowest BCUT2D eigenvalue weighted by atomic mass is 9.95. The summed E-state index contributed by atoms with van der Waals surface area (Å²) in [5, 5.41) is -0.0910. The Bertz CT molecular complexity index is 805. The highest BCUT2D eigenvalue weighted by Gasteiger charge is 2.33. The van der Waals surface area contributed by atoms with Crippen LogP contribution in [0.3, 0.4) is 0 Å². The number of nitrogens with zero attached hydrogens (tertiary/aromatic N) is 1. The van der Waals surface area contributed by atoms with Gasteiger partial charge in [-0.15, -0.1) is 0 Å². The normalized spacial score (nSPS) is 16.1. The summed E-state index contributed by atoms with van der Waals surface area (Å²) in [6.45, 7) is 0. The second kappa shape index (κ2) is 7.11. The van der Waals surface area contributed by atoms with Gasteiger partial charge in [-0.1, -0.05) is 49.1 Å². The van der Waals surface area contributed by atoms with Crippen molar-refractivity contribution in [2.75, 3.05) is 4.31 Å². The number of hydrogen-bond donors (Lipinski definition) is 0. The van der Waals surface area contributed by atoms with Crippen molar-refractivity contribution in [1.29, 1.82) is 0 Å². The molecule has 0 N–H and O–H groups in total. The van der Waals surface area contributed by atoms with Gasteiger partial charge in [-0.2, -0.15) is 0 Å². The zero-order valence-electron chi connectivity index (χ0n) is 13.2. The molecule has 0 unspecified atom stereocenters. The SMILES string of the molecule is O=S(=O)(c1ccc(F)cc1Cl)N(c1ccccc1)C1CCCCC1. The van der Waals surface area contributed by atoms with Gasteiger partial charge in [-0.05, 0) is 43.2 Å². The molecule has 1 saturated carbocycles. The van der Waals surface area contributed by atoms with E-state index in [0.29, 0.717) is 5.69 Å². The van der Waals surface area contributed by atoms with E-state index in [4.69, 9.17) is 11.6 Å². The molecule has 0 saturated heterocycles. The smallest absolute Gasteiger partial charge is 0.263 e. The lowest BCUT2D eigenvalue weighted by Gasteiger charge is -2.35. The first-order valence-corrected chi connectivity index (χ1v) is 9.86. The third-order valence-electron chi connectivity index (χ3n) is 4.35. The molecule has 128 valence electrons. The Balaban J connectivity index is 2.10. The van der Waals surface area contributed by atoms with Crippen LogP contribution in [0.5, 0.6) is 0 Å². The van der Waals surface area contributed by atoms with Gasteiger partial charge in [0.2, 0.25) is 0 Å². The first-order chi connectivity index (χ1) is 11.5. The lowest BCUT2D eigenvalue weighted by Crippen LogP contribution is -2.41. The molecule has 1 fully saturated rings. The van der Waals surface area contributed by atoms with Crippen molar-refractivity contribution in [3.8, 4) is 0 Å². The van der Waals surface area contributed by atoms with E-state index >= 15 is 0 Å². The van der Waals surface area contributed by atoms with E-state index in [1.165, 1.54) is 10.4 Å². The Morgan fingerprint density at radius 1 is 1.00 bits per heavy atom. The average molecular weight is 368 g/mol. The second-order valence-corrected chi connectivity index (χ2v) is 8.19. The van der Waals surface area contributed by atoms with Gasteiger partial charge in [0, 0.05) is 6.04 Å². The summed E-state index contributed by atoms with van der Waals surface area (Å²) in [5.74, 6) is -0.553. The molecule has 0 bridgehead atoms. The molecule has 3 rings (SSSR count). The maximum atomic E-state index is 13.3. The van der Waals surface area contributed by atoms with Gasteiger partial charge in [-0.25, -0.2) is 12.8 Å². The molecule has 2 aromatic carbocycles. The molecule has 3 nitrogen and oxygen atoms in total. The van der Waals surface area contributed by atoms with Crippen molar-refractivity contribution in [2.24, 2.45) is 0 Å². The van der Waals surface area contributed by atoms with Crippen molar-refractivity contribution in [2.45, 2.75) is 43.0 Å². The number of anilines is 1. The maximum Gasteiger partial charge on any atom is 0.266 e. The summed E-state index contributed by atoms with van der Waals surface area (Å²) < 4.78 is 41.4. The number of sulfonamides is 1. The van der Waals surface area contributed by atoms with E-state index in [1.54, 1.807) is 12.1 Å². The predicted molar refractivity (Wildman–Crippen MR) is 94.4 cm³/mol. The zero-order chi connectivity index (χ0) is 17.2. The summed E-state index contributed by atoms with van der Waals surface area (Å²) in [7, 11) is -3.87.